The van der Waals surface area contributed by atoms with E-state index in [0.29, 0.717) is 35.3 Å². The summed E-state index contributed by atoms with van der Waals surface area (Å²) in [7, 11) is 3.10. The van der Waals surface area contributed by atoms with E-state index in [-0.39, 0.29) is 11.7 Å². The van der Waals surface area contributed by atoms with E-state index >= 15 is 0 Å². The lowest BCUT2D eigenvalue weighted by Gasteiger charge is -2.09. The van der Waals surface area contributed by atoms with Crippen LogP contribution in [0.4, 0.5) is 5.69 Å². The van der Waals surface area contributed by atoms with E-state index in [2.05, 4.69) is 10.4 Å². The van der Waals surface area contributed by atoms with Crippen molar-refractivity contribution in [1.82, 2.24) is 9.78 Å². The third-order valence-electron chi connectivity index (χ3n) is 4.07. The van der Waals surface area contributed by atoms with E-state index in [9.17, 15) is 9.59 Å². The van der Waals surface area contributed by atoms with Crippen LogP contribution in [0, 0.1) is 0 Å². The van der Waals surface area contributed by atoms with Gasteiger partial charge < -0.3 is 19.2 Å². The fourth-order valence-electron chi connectivity index (χ4n) is 2.72. The van der Waals surface area contributed by atoms with E-state index in [4.69, 9.17) is 13.9 Å². The maximum Gasteiger partial charge on any atom is 0.248 e. The molecule has 2 heterocycles. The lowest BCUT2D eigenvalue weighted by Crippen LogP contribution is -2.07. The van der Waals surface area contributed by atoms with Crippen molar-refractivity contribution in [3.63, 3.8) is 0 Å². The molecule has 3 aromatic rings. The molecule has 3 rings (SSSR count). The standard InChI is InChI=1S/C21H21N3O5/c1-14(25)18-9-8-17(29-18)13-24-12-16(11-22-24)23-20(26)10-7-15-5-4-6-19(27-2)21(15)28-3/h4-12H,13H2,1-3H3,(H,23,26)/b10-7+. The first-order valence-corrected chi connectivity index (χ1v) is 8.82. The number of hydrogen-bond acceptors (Lipinski definition) is 6. The Labute approximate surface area is 167 Å². The summed E-state index contributed by atoms with van der Waals surface area (Å²) in [6.07, 6.45) is 6.26. The third kappa shape index (κ3) is 4.92. The van der Waals surface area contributed by atoms with Crippen LogP contribution in [0.25, 0.3) is 6.08 Å². The highest BCUT2D eigenvalue weighted by Crippen LogP contribution is 2.31. The Balaban J connectivity index is 1.63. The van der Waals surface area contributed by atoms with Crippen molar-refractivity contribution in [2.45, 2.75) is 13.5 Å². The molecule has 0 aliphatic rings. The van der Waals surface area contributed by atoms with Gasteiger partial charge in [0.25, 0.3) is 0 Å². The maximum absolute atomic E-state index is 12.2. The number of benzene rings is 1. The Bertz CT molecular complexity index is 1050. The zero-order valence-electron chi connectivity index (χ0n) is 16.3. The molecule has 8 nitrogen and oxygen atoms in total. The maximum atomic E-state index is 12.2. The number of nitrogens with zero attached hydrogens (tertiary/aromatic N) is 2. The number of methoxy groups -OCH3 is 2. The van der Waals surface area contributed by atoms with Crippen LogP contribution in [-0.2, 0) is 11.3 Å². The number of furan rings is 1. The fourth-order valence-corrected chi connectivity index (χ4v) is 2.72. The molecule has 0 unspecified atom stereocenters. The molecule has 2 aromatic heterocycles. The molecule has 150 valence electrons. The molecule has 0 fully saturated rings. The minimum Gasteiger partial charge on any atom is -0.493 e. The number of anilines is 1. The number of ketones is 1. The summed E-state index contributed by atoms with van der Waals surface area (Å²) in [6.45, 7) is 1.79. The third-order valence-corrected chi connectivity index (χ3v) is 4.07. The van der Waals surface area contributed by atoms with Crippen LogP contribution >= 0.6 is 0 Å². The first-order valence-electron chi connectivity index (χ1n) is 8.82. The van der Waals surface area contributed by atoms with Crippen LogP contribution in [0.5, 0.6) is 11.5 Å². The minimum absolute atomic E-state index is 0.135. The number of carbonyl (C=O) groups excluding carboxylic acids is 2. The molecule has 0 saturated carbocycles. The summed E-state index contributed by atoms with van der Waals surface area (Å²) in [4.78, 5) is 23.5. The number of ether oxygens (including phenoxy) is 2. The van der Waals surface area contributed by atoms with E-state index in [1.807, 2.05) is 12.1 Å². The van der Waals surface area contributed by atoms with Gasteiger partial charge in [0, 0.05) is 24.8 Å². The average molecular weight is 395 g/mol. The first-order chi connectivity index (χ1) is 14.0. The average Bonchev–Trinajstić information content (AvgIpc) is 3.35. The van der Waals surface area contributed by atoms with Gasteiger partial charge in [-0.3, -0.25) is 14.3 Å². The number of hydrogen-bond donors (Lipinski definition) is 1. The topological polar surface area (TPSA) is 95.6 Å². The Hall–Kier alpha value is -3.81. The Morgan fingerprint density at radius 2 is 2.03 bits per heavy atom. The summed E-state index contributed by atoms with van der Waals surface area (Å²) < 4.78 is 17.6. The number of Topliss-reactive ketones (excluding diaryl/α,β-unsaturated/α-hetero) is 1. The van der Waals surface area contributed by atoms with E-state index in [0.717, 1.165) is 5.56 Å². The van der Waals surface area contributed by atoms with Gasteiger partial charge in [0.2, 0.25) is 5.91 Å². The second-order valence-corrected chi connectivity index (χ2v) is 6.15. The lowest BCUT2D eigenvalue weighted by molar-refractivity contribution is -0.111. The molecule has 0 atom stereocenters. The molecule has 0 aliphatic heterocycles. The number of para-hydroxylation sites is 1. The summed E-state index contributed by atoms with van der Waals surface area (Å²) in [5.41, 5.74) is 1.26. The van der Waals surface area contributed by atoms with Crippen molar-refractivity contribution in [3.05, 3.63) is 65.9 Å². The van der Waals surface area contributed by atoms with Gasteiger partial charge in [-0.25, -0.2) is 0 Å². The van der Waals surface area contributed by atoms with Gasteiger partial charge in [-0.05, 0) is 24.3 Å². The van der Waals surface area contributed by atoms with Crippen LogP contribution in [0.1, 0.15) is 28.8 Å². The SMILES string of the molecule is COc1cccc(/C=C/C(=O)Nc2cnn(Cc3ccc(C(C)=O)o3)c2)c1OC. The van der Waals surface area contributed by atoms with Crippen molar-refractivity contribution >= 4 is 23.5 Å². The van der Waals surface area contributed by atoms with E-state index < -0.39 is 0 Å². The summed E-state index contributed by atoms with van der Waals surface area (Å²) in [6, 6.07) is 8.77. The summed E-state index contributed by atoms with van der Waals surface area (Å²) in [5.74, 6) is 1.59. The van der Waals surface area contributed by atoms with Crippen LogP contribution in [0.3, 0.4) is 0 Å². The number of rotatable bonds is 8. The van der Waals surface area contributed by atoms with Crippen molar-refractivity contribution in [3.8, 4) is 11.5 Å². The van der Waals surface area contributed by atoms with Crippen LogP contribution < -0.4 is 14.8 Å². The number of carbonyl (C=O) groups is 2. The predicted octanol–water partition coefficient (Wildman–Crippen LogP) is 3.40. The van der Waals surface area contributed by atoms with Crippen LogP contribution in [0.15, 0.2) is 53.2 Å². The highest BCUT2D eigenvalue weighted by molar-refractivity contribution is 6.02. The van der Waals surface area contributed by atoms with Gasteiger partial charge in [-0.15, -0.1) is 0 Å². The fraction of sp³-hybridized carbons (Fsp3) is 0.190. The van der Waals surface area contributed by atoms with Gasteiger partial charge in [0.1, 0.15) is 5.76 Å². The molecular formula is C21H21N3O5. The zero-order valence-corrected chi connectivity index (χ0v) is 16.3. The van der Waals surface area contributed by atoms with E-state index in [1.54, 1.807) is 49.4 Å². The van der Waals surface area contributed by atoms with Gasteiger partial charge >= 0.3 is 0 Å². The molecule has 1 aromatic carbocycles. The van der Waals surface area contributed by atoms with Gasteiger partial charge in [0.15, 0.2) is 23.0 Å². The molecule has 8 heteroatoms. The molecule has 0 aliphatic carbocycles. The second-order valence-electron chi connectivity index (χ2n) is 6.15. The smallest absolute Gasteiger partial charge is 0.248 e. The molecule has 29 heavy (non-hydrogen) atoms. The molecule has 0 saturated heterocycles. The van der Waals surface area contributed by atoms with Crippen molar-refractivity contribution in [2.24, 2.45) is 0 Å². The number of nitrogens with one attached hydrogen (secondary N) is 1. The Morgan fingerprint density at radius 1 is 1.21 bits per heavy atom. The molecular weight excluding hydrogens is 374 g/mol. The predicted molar refractivity (Wildman–Crippen MR) is 107 cm³/mol. The first kappa shape index (κ1) is 19.9. The molecule has 1 amide bonds. The quantitative estimate of drug-likeness (QED) is 0.464. The van der Waals surface area contributed by atoms with Gasteiger partial charge in [-0.1, -0.05) is 12.1 Å². The van der Waals surface area contributed by atoms with Crippen molar-refractivity contribution in [1.29, 1.82) is 0 Å². The lowest BCUT2D eigenvalue weighted by atomic mass is 10.1. The van der Waals surface area contributed by atoms with Crippen LogP contribution in [0.2, 0.25) is 0 Å². The number of aromatic nitrogens is 2. The van der Waals surface area contributed by atoms with Crippen LogP contribution in [-0.4, -0.2) is 35.7 Å². The highest BCUT2D eigenvalue weighted by Gasteiger charge is 2.09. The molecule has 1 N–H and O–H groups in total. The Kier molecular flexibility index (Phi) is 6.13. The summed E-state index contributed by atoms with van der Waals surface area (Å²) >= 11 is 0. The van der Waals surface area contributed by atoms with E-state index in [1.165, 1.54) is 19.2 Å². The Morgan fingerprint density at radius 3 is 2.72 bits per heavy atom. The second kappa shape index (κ2) is 8.92. The minimum atomic E-state index is -0.314. The molecule has 0 bridgehead atoms. The van der Waals surface area contributed by atoms with Crippen molar-refractivity contribution in [2.75, 3.05) is 19.5 Å². The molecule has 0 radical (unpaired) electrons. The largest absolute Gasteiger partial charge is 0.493 e. The normalized spacial score (nSPS) is 10.9. The molecule has 0 spiro atoms. The summed E-state index contributed by atoms with van der Waals surface area (Å²) in [5, 5.41) is 6.93. The van der Waals surface area contributed by atoms with Gasteiger partial charge in [-0.2, -0.15) is 5.10 Å². The monoisotopic (exact) mass is 395 g/mol. The number of amides is 1. The van der Waals surface area contributed by atoms with Crippen molar-refractivity contribution < 1.29 is 23.5 Å². The zero-order chi connectivity index (χ0) is 20.8. The van der Waals surface area contributed by atoms with Gasteiger partial charge in [0.05, 0.1) is 32.6 Å². The highest BCUT2D eigenvalue weighted by atomic mass is 16.5.